The van der Waals surface area contributed by atoms with Gasteiger partial charge in [-0.1, -0.05) is 59.6 Å². The predicted octanol–water partition coefficient (Wildman–Crippen LogP) is 4.84. The number of halogens is 1. The molecule has 3 rings (SSSR count). The second kappa shape index (κ2) is 9.37. The minimum Gasteiger partial charge on any atom is -0.334 e. The van der Waals surface area contributed by atoms with Crippen LogP contribution in [0.5, 0.6) is 0 Å². The number of hydrogen-bond acceptors (Lipinski definition) is 2. The lowest BCUT2D eigenvalue weighted by Crippen LogP contribution is -2.46. The highest BCUT2D eigenvalue weighted by atomic mass is 79.9. The summed E-state index contributed by atoms with van der Waals surface area (Å²) in [6.07, 6.45) is 2.72. The molecule has 0 radical (unpaired) electrons. The van der Waals surface area contributed by atoms with Crippen molar-refractivity contribution in [3.8, 4) is 0 Å². The molecular formula is C23H27BrN2O2. The molecule has 148 valence electrons. The van der Waals surface area contributed by atoms with E-state index in [0.29, 0.717) is 18.7 Å². The van der Waals surface area contributed by atoms with Crippen molar-refractivity contribution in [1.82, 2.24) is 9.80 Å². The summed E-state index contributed by atoms with van der Waals surface area (Å²) in [4.78, 5) is 29.8. The third-order valence-electron chi connectivity index (χ3n) is 5.38. The van der Waals surface area contributed by atoms with Gasteiger partial charge in [-0.25, -0.2) is 0 Å². The molecule has 2 aromatic carbocycles. The van der Waals surface area contributed by atoms with Crippen molar-refractivity contribution in [3.63, 3.8) is 0 Å². The van der Waals surface area contributed by atoms with Crippen LogP contribution in [0.2, 0.25) is 0 Å². The summed E-state index contributed by atoms with van der Waals surface area (Å²) >= 11 is 3.42. The molecule has 2 aromatic rings. The maximum Gasteiger partial charge on any atom is 0.254 e. The van der Waals surface area contributed by atoms with Crippen LogP contribution in [-0.2, 0) is 11.2 Å². The Kier molecular flexibility index (Phi) is 6.89. The molecule has 5 heteroatoms. The van der Waals surface area contributed by atoms with Crippen LogP contribution in [0.1, 0.15) is 54.2 Å². The van der Waals surface area contributed by atoms with Crippen LogP contribution in [0.3, 0.4) is 0 Å². The van der Waals surface area contributed by atoms with Gasteiger partial charge in [0.1, 0.15) is 6.54 Å². The largest absolute Gasteiger partial charge is 0.334 e. The molecular weight excluding hydrogens is 416 g/mol. The summed E-state index contributed by atoms with van der Waals surface area (Å²) in [6, 6.07) is 15.7. The Balaban J connectivity index is 1.75. The van der Waals surface area contributed by atoms with Crippen molar-refractivity contribution < 1.29 is 9.59 Å². The first kappa shape index (κ1) is 20.6. The van der Waals surface area contributed by atoms with Gasteiger partial charge in [0.2, 0.25) is 5.91 Å². The molecule has 28 heavy (non-hydrogen) atoms. The van der Waals surface area contributed by atoms with Crippen LogP contribution in [0.15, 0.2) is 53.0 Å². The highest BCUT2D eigenvalue weighted by Crippen LogP contribution is 2.29. The Hall–Kier alpha value is -2.14. The number of nitrogens with zero attached hydrogens (tertiary/aromatic N) is 2. The van der Waals surface area contributed by atoms with E-state index < -0.39 is 0 Å². The average Bonchev–Trinajstić information content (AvgIpc) is 2.71. The van der Waals surface area contributed by atoms with E-state index in [1.165, 1.54) is 11.1 Å². The lowest BCUT2D eigenvalue weighted by atomic mass is 9.93. The summed E-state index contributed by atoms with van der Waals surface area (Å²) in [5.41, 5.74) is 3.13. The van der Waals surface area contributed by atoms with E-state index in [2.05, 4.69) is 41.9 Å². The molecule has 0 aromatic heterocycles. The topological polar surface area (TPSA) is 40.6 Å². The van der Waals surface area contributed by atoms with Crippen molar-refractivity contribution in [2.45, 2.75) is 39.2 Å². The number of carbonyl (C=O) groups excluding carboxylic acids is 2. The molecule has 0 N–H and O–H groups in total. The van der Waals surface area contributed by atoms with Crippen molar-refractivity contribution >= 4 is 27.7 Å². The molecule has 0 saturated carbocycles. The molecule has 0 saturated heterocycles. The third kappa shape index (κ3) is 4.64. The summed E-state index contributed by atoms with van der Waals surface area (Å²) in [5.74, 6) is -0.0744. The SMILES string of the molecule is CCCCN(CC(=O)N1CCc2ccccc2C1C)C(=O)c1cccc(Br)c1. The van der Waals surface area contributed by atoms with Crippen molar-refractivity contribution in [1.29, 1.82) is 0 Å². The molecule has 1 aliphatic heterocycles. The van der Waals surface area contributed by atoms with Crippen molar-refractivity contribution in [2.24, 2.45) is 0 Å². The van der Waals surface area contributed by atoms with Gasteiger partial charge in [-0.2, -0.15) is 0 Å². The molecule has 0 spiro atoms. The zero-order valence-electron chi connectivity index (χ0n) is 16.5. The Bertz CT molecular complexity index is 852. The van der Waals surface area contributed by atoms with Gasteiger partial charge in [-0.3, -0.25) is 9.59 Å². The number of benzene rings is 2. The van der Waals surface area contributed by atoms with Gasteiger partial charge in [-0.15, -0.1) is 0 Å². The van der Waals surface area contributed by atoms with E-state index in [0.717, 1.165) is 23.7 Å². The Morgan fingerprint density at radius 3 is 2.71 bits per heavy atom. The summed E-state index contributed by atoms with van der Waals surface area (Å²) in [6.45, 7) is 5.57. The van der Waals surface area contributed by atoms with Crippen LogP contribution in [0.25, 0.3) is 0 Å². The number of fused-ring (bicyclic) bond motifs is 1. The van der Waals surface area contributed by atoms with Gasteiger partial charge < -0.3 is 9.80 Å². The van der Waals surface area contributed by atoms with E-state index in [-0.39, 0.29) is 24.4 Å². The maximum absolute atomic E-state index is 13.1. The van der Waals surface area contributed by atoms with E-state index in [4.69, 9.17) is 0 Å². The zero-order chi connectivity index (χ0) is 20.1. The summed E-state index contributed by atoms with van der Waals surface area (Å²) in [5, 5.41) is 0. The van der Waals surface area contributed by atoms with Gasteiger partial charge >= 0.3 is 0 Å². The Morgan fingerprint density at radius 1 is 1.18 bits per heavy atom. The van der Waals surface area contributed by atoms with Gasteiger partial charge in [0.15, 0.2) is 0 Å². The zero-order valence-corrected chi connectivity index (χ0v) is 18.1. The van der Waals surface area contributed by atoms with Gasteiger partial charge in [0.25, 0.3) is 5.91 Å². The molecule has 1 heterocycles. The van der Waals surface area contributed by atoms with Gasteiger partial charge in [0, 0.05) is 23.1 Å². The number of unbranched alkanes of at least 4 members (excludes halogenated alkanes) is 1. The van der Waals surface area contributed by atoms with Crippen LogP contribution >= 0.6 is 15.9 Å². The van der Waals surface area contributed by atoms with Gasteiger partial charge in [0.05, 0.1) is 6.04 Å². The fourth-order valence-corrected chi connectivity index (χ4v) is 4.17. The smallest absolute Gasteiger partial charge is 0.254 e. The van der Waals surface area contributed by atoms with Crippen molar-refractivity contribution in [3.05, 3.63) is 69.7 Å². The van der Waals surface area contributed by atoms with E-state index in [1.54, 1.807) is 11.0 Å². The molecule has 0 bridgehead atoms. The molecule has 0 fully saturated rings. The fraction of sp³-hybridized carbons (Fsp3) is 0.391. The molecule has 1 aliphatic rings. The molecule has 0 aliphatic carbocycles. The van der Waals surface area contributed by atoms with E-state index in [9.17, 15) is 9.59 Å². The lowest BCUT2D eigenvalue weighted by molar-refractivity contribution is -0.134. The molecule has 4 nitrogen and oxygen atoms in total. The number of hydrogen-bond donors (Lipinski definition) is 0. The first-order valence-electron chi connectivity index (χ1n) is 9.93. The highest BCUT2D eigenvalue weighted by Gasteiger charge is 2.29. The molecule has 1 atom stereocenters. The maximum atomic E-state index is 13.1. The highest BCUT2D eigenvalue weighted by molar-refractivity contribution is 9.10. The Morgan fingerprint density at radius 2 is 1.96 bits per heavy atom. The van der Waals surface area contributed by atoms with Gasteiger partial charge in [-0.05, 0) is 49.1 Å². The molecule has 1 unspecified atom stereocenters. The van der Waals surface area contributed by atoms with Crippen LogP contribution < -0.4 is 0 Å². The molecule has 2 amide bonds. The lowest BCUT2D eigenvalue weighted by Gasteiger charge is -2.36. The first-order valence-corrected chi connectivity index (χ1v) is 10.7. The summed E-state index contributed by atoms with van der Waals surface area (Å²) < 4.78 is 0.862. The van der Waals surface area contributed by atoms with Crippen LogP contribution in [0.4, 0.5) is 0 Å². The Labute approximate surface area is 175 Å². The number of rotatable bonds is 6. The van der Waals surface area contributed by atoms with E-state index in [1.807, 2.05) is 35.2 Å². The van der Waals surface area contributed by atoms with Crippen LogP contribution in [0, 0.1) is 0 Å². The summed E-state index contributed by atoms with van der Waals surface area (Å²) in [7, 11) is 0. The third-order valence-corrected chi connectivity index (χ3v) is 5.87. The quantitative estimate of drug-likeness (QED) is 0.641. The normalized spacial score (nSPS) is 15.8. The van der Waals surface area contributed by atoms with Crippen molar-refractivity contribution in [2.75, 3.05) is 19.6 Å². The minimum absolute atomic E-state index is 0.0152. The fourth-order valence-electron chi connectivity index (χ4n) is 3.77. The van der Waals surface area contributed by atoms with E-state index >= 15 is 0 Å². The first-order chi connectivity index (χ1) is 13.5. The standard InChI is InChI=1S/C23H27BrN2O2/c1-3-4-13-25(23(28)19-9-7-10-20(24)15-19)16-22(27)26-14-12-18-8-5-6-11-21(18)17(26)2/h5-11,15,17H,3-4,12-14,16H2,1-2H3. The predicted molar refractivity (Wildman–Crippen MR) is 115 cm³/mol. The second-order valence-electron chi connectivity index (χ2n) is 7.30. The van der Waals surface area contributed by atoms with Crippen LogP contribution in [-0.4, -0.2) is 41.2 Å². The number of amides is 2. The monoisotopic (exact) mass is 442 g/mol. The minimum atomic E-state index is -0.0897. The average molecular weight is 443 g/mol. The number of carbonyl (C=O) groups is 2. The second-order valence-corrected chi connectivity index (χ2v) is 8.22.